The highest BCUT2D eigenvalue weighted by Gasteiger charge is 2.46. The molecular formula is C27H39FN4O6. The first-order chi connectivity index (χ1) is 18.3. The fourth-order valence-corrected chi connectivity index (χ4v) is 4.90. The van der Waals surface area contributed by atoms with Gasteiger partial charge >= 0.3 is 0 Å². The van der Waals surface area contributed by atoms with Gasteiger partial charge in [0.1, 0.15) is 18.3 Å². The molecule has 1 aromatic heterocycles. The van der Waals surface area contributed by atoms with Crippen LogP contribution in [0.5, 0.6) is 5.88 Å². The minimum atomic E-state index is -1.93. The van der Waals surface area contributed by atoms with Gasteiger partial charge in [-0.3, -0.25) is 9.89 Å². The van der Waals surface area contributed by atoms with E-state index in [9.17, 15) is 24.5 Å². The molecule has 210 valence electrons. The van der Waals surface area contributed by atoms with Crippen LogP contribution in [-0.2, 0) is 22.4 Å². The number of aryl methyl sites for hydroxylation is 1. The summed E-state index contributed by atoms with van der Waals surface area (Å²) in [5.74, 6) is 0.503. The maximum atomic E-state index is 14.1. The zero-order valence-electron chi connectivity index (χ0n) is 22.0. The van der Waals surface area contributed by atoms with Crippen LogP contribution >= 0.6 is 0 Å². The highest BCUT2D eigenvalue weighted by molar-refractivity contribution is 5.76. The molecule has 38 heavy (non-hydrogen) atoms. The summed E-state index contributed by atoms with van der Waals surface area (Å²) in [6.45, 7) is 6.62. The van der Waals surface area contributed by atoms with Crippen LogP contribution < -0.4 is 10.1 Å². The normalized spacial score (nSPS) is 26.1. The van der Waals surface area contributed by atoms with Crippen molar-refractivity contribution in [2.75, 3.05) is 32.8 Å². The van der Waals surface area contributed by atoms with Gasteiger partial charge in [-0.1, -0.05) is 38.1 Å². The van der Waals surface area contributed by atoms with E-state index < -0.39 is 37.4 Å². The number of aromatic nitrogens is 2. The number of piperazine rings is 1. The Balaban J connectivity index is 1.39. The van der Waals surface area contributed by atoms with Crippen LogP contribution in [0, 0.1) is 0 Å². The van der Waals surface area contributed by atoms with E-state index in [0.717, 1.165) is 61.4 Å². The van der Waals surface area contributed by atoms with Crippen molar-refractivity contribution in [2.45, 2.75) is 76.2 Å². The van der Waals surface area contributed by atoms with Crippen molar-refractivity contribution in [1.29, 1.82) is 0 Å². The van der Waals surface area contributed by atoms with Gasteiger partial charge in [-0.2, -0.15) is 0 Å². The van der Waals surface area contributed by atoms with Gasteiger partial charge in [0.2, 0.25) is 18.1 Å². The second-order valence-corrected chi connectivity index (χ2v) is 10.3. The van der Waals surface area contributed by atoms with E-state index in [1.165, 1.54) is 0 Å². The number of carbonyl (C=O) groups excluding carboxylic acids is 1. The fourth-order valence-electron chi connectivity index (χ4n) is 4.90. The van der Waals surface area contributed by atoms with Gasteiger partial charge in [0.05, 0.1) is 6.61 Å². The molecule has 5 atom stereocenters. The number of halogens is 1. The topological polar surface area (TPSA) is 140 Å². The van der Waals surface area contributed by atoms with Crippen molar-refractivity contribution in [3.63, 3.8) is 0 Å². The number of H-pyrrole nitrogens is 1. The van der Waals surface area contributed by atoms with Gasteiger partial charge in [0, 0.05) is 50.3 Å². The van der Waals surface area contributed by atoms with Crippen molar-refractivity contribution >= 4 is 5.91 Å². The number of aliphatic hydroxyl groups excluding tert-OH is 3. The van der Waals surface area contributed by atoms with Crippen LogP contribution in [0.2, 0.25) is 0 Å². The van der Waals surface area contributed by atoms with Gasteiger partial charge in [-0.15, -0.1) is 5.10 Å². The first-order valence-corrected chi connectivity index (χ1v) is 13.3. The lowest BCUT2D eigenvalue weighted by atomic mass is 9.98. The summed E-state index contributed by atoms with van der Waals surface area (Å²) >= 11 is 0. The number of amides is 1. The lowest BCUT2D eigenvalue weighted by Crippen LogP contribution is -2.58. The SMILES string of the molecule is CC(C)c1[nH]nc(OC2OC(CO)C(F)C(O)C2O)c1Cc1ccc(CCCC(=O)N2CCNCC2)cc1. The first kappa shape index (κ1) is 28.4. The van der Waals surface area contributed by atoms with Crippen LogP contribution in [0.15, 0.2) is 24.3 Å². The molecule has 2 fully saturated rings. The molecule has 5 unspecified atom stereocenters. The smallest absolute Gasteiger partial charge is 0.238 e. The van der Waals surface area contributed by atoms with Crippen molar-refractivity contribution in [2.24, 2.45) is 0 Å². The molecule has 10 nitrogen and oxygen atoms in total. The second kappa shape index (κ2) is 13.0. The summed E-state index contributed by atoms with van der Waals surface area (Å²) in [6.07, 6.45) is -5.39. The molecule has 1 aromatic carbocycles. The zero-order valence-corrected chi connectivity index (χ0v) is 22.0. The first-order valence-electron chi connectivity index (χ1n) is 13.3. The predicted octanol–water partition coefficient (Wildman–Crippen LogP) is 1.03. The van der Waals surface area contributed by atoms with Gasteiger partial charge in [-0.25, -0.2) is 4.39 Å². The van der Waals surface area contributed by atoms with E-state index in [-0.39, 0.29) is 17.7 Å². The second-order valence-electron chi connectivity index (χ2n) is 10.3. The number of hydrogen-bond acceptors (Lipinski definition) is 8. The molecule has 5 N–H and O–H groups in total. The number of rotatable bonds is 10. The summed E-state index contributed by atoms with van der Waals surface area (Å²) < 4.78 is 25.3. The number of aromatic amines is 1. The summed E-state index contributed by atoms with van der Waals surface area (Å²) in [5.41, 5.74) is 3.78. The van der Waals surface area contributed by atoms with E-state index >= 15 is 0 Å². The number of nitrogens with one attached hydrogen (secondary N) is 2. The molecule has 2 aromatic rings. The van der Waals surface area contributed by atoms with Gasteiger partial charge in [0.15, 0.2) is 6.17 Å². The Kier molecular flexibility index (Phi) is 9.72. The molecule has 0 aliphatic carbocycles. The monoisotopic (exact) mass is 534 g/mol. The van der Waals surface area contributed by atoms with Gasteiger partial charge in [0.25, 0.3) is 0 Å². The molecule has 0 radical (unpaired) electrons. The Bertz CT molecular complexity index is 1040. The van der Waals surface area contributed by atoms with E-state index in [1.807, 2.05) is 30.9 Å². The van der Waals surface area contributed by atoms with Gasteiger partial charge in [-0.05, 0) is 29.9 Å². The van der Waals surface area contributed by atoms with Crippen LogP contribution in [0.1, 0.15) is 55.0 Å². The Labute approximate surface area is 222 Å². The molecule has 0 bridgehead atoms. The molecule has 2 saturated heterocycles. The number of hydrogen-bond donors (Lipinski definition) is 5. The molecule has 3 heterocycles. The predicted molar refractivity (Wildman–Crippen MR) is 138 cm³/mol. The van der Waals surface area contributed by atoms with Crippen LogP contribution in [0.4, 0.5) is 4.39 Å². The van der Waals surface area contributed by atoms with Crippen molar-refractivity contribution < 1.29 is 34.0 Å². The highest BCUT2D eigenvalue weighted by Crippen LogP contribution is 2.31. The molecule has 11 heteroatoms. The third-order valence-electron chi connectivity index (χ3n) is 7.20. The van der Waals surface area contributed by atoms with E-state index in [4.69, 9.17) is 9.47 Å². The Hall–Kier alpha value is -2.57. The molecular weight excluding hydrogens is 495 g/mol. The minimum absolute atomic E-state index is 0.102. The number of carbonyl (C=O) groups is 1. The van der Waals surface area contributed by atoms with E-state index in [2.05, 4.69) is 27.6 Å². The lowest BCUT2D eigenvalue weighted by Gasteiger charge is -2.38. The molecule has 2 aliphatic heterocycles. The third kappa shape index (κ3) is 6.70. The molecule has 1 amide bonds. The fraction of sp³-hybridized carbons (Fsp3) is 0.630. The lowest BCUT2D eigenvalue weighted by molar-refractivity contribution is -0.265. The largest absolute Gasteiger partial charge is 0.443 e. The number of ether oxygens (including phenoxy) is 2. The maximum Gasteiger partial charge on any atom is 0.238 e. The van der Waals surface area contributed by atoms with E-state index in [1.54, 1.807) is 0 Å². The summed E-state index contributed by atoms with van der Waals surface area (Å²) in [7, 11) is 0. The Morgan fingerprint density at radius 1 is 1.18 bits per heavy atom. The third-order valence-corrected chi connectivity index (χ3v) is 7.20. The number of aliphatic hydroxyl groups is 3. The quantitative estimate of drug-likeness (QED) is 0.305. The average Bonchev–Trinajstić information content (AvgIpc) is 3.32. The highest BCUT2D eigenvalue weighted by atomic mass is 19.1. The standard InChI is InChI=1S/C27H39FN4O6/c1-16(2)23-19(26(31-30-23)38-27-25(36)24(35)22(28)20(15-33)37-27)14-18-8-6-17(7-9-18)4-3-5-21(34)32-12-10-29-11-13-32/h6-9,16,20,22,24-25,27,29,33,35-36H,3-5,10-15H2,1-2H3,(H,30,31). The van der Waals surface area contributed by atoms with Crippen LogP contribution in [-0.4, -0.2) is 99.9 Å². The molecule has 0 saturated carbocycles. The van der Waals surface area contributed by atoms with E-state index in [0.29, 0.717) is 12.8 Å². The number of alkyl halides is 1. The average molecular weight is 535 g/mol. The summed E-state index contributed by atoms with van der Waals surface area (Å²) in [4.78, 5) is 14.3. The van der Waals surface area contributed by atoms with Crippen LogP contribution in [0.3, 0.4) is 0 Å². The van der Waals surface area contributed by atoms with Crippen LogP contribution in [0.25, 0.3) is 0 Å². The molecule has 0 spiro atoms. The Morgan fingerprint density at radius 2 is 1.87 bits per heavy atom. The van der Waals surface area contributed by atoms with Gasteiger partial charge < -0.3 is 35.0 Å². The molecule has 2 aliphatic rings. The summed E-state index contributed by atoms with van der Waals surface area (Å²) in [5, 5.41) is 40.2. The molecule has 4 rings (SSSR count). The van der Waals surface area contributed by atoms with Crippen molar-refractivity contribution in [3.8, 4) is 5.88 Å². The number of benzene rings is 1. The van der Waals surface area contributed by atoms with Crippen molar-refractivity contribution in [3.05, 3.63) is 46.6 Å². The summed E-state index contributed by atoms with van der Waals surface area (Å²) in [6, 6.07) is 8.16. The van der Waals surface area contributed by atoms with Crippen molar-refractivity contribution in [1.82, 2.24) is 20.4 Å². The maximum absolute atomic E-state index is 14.1. The minimum Gasteiger partial charge on any atom is -0.443 e. The Morgan fingerprint density at radius 3 is 2.53 bits per heavy atom. The zero-order chi connectivity index (χ0) is 27.2. The number of nitrogens with zero attached hydrogens (tertiary/aromatic N) is 2.